The van der Waals surface area contributed by atoms with E-state index in [0.29, 0.717) is 16.9 Å². The third-order valence-corrected chi connectivity index (χ3v) is 7.69. The zero-order chi connectivity index (χ0) is 29.4. The molecule has 1 aromatic heterocycles. The number of rotatable bonds is 5. The van der Waals surface area contributed by atoms with E-state index in [9.17, 15) is 14.4 Å². The number of aryl methyl sites for hydroxylation is 3. The second-order valence-electron chi connectivity index (χ2n) is 9.93. The Morgan fingerprint density at radius 3 is 1.98 bits per heavy atom. The van der Waals surface area contributed by atoms with Gasteiger partial charge >= 0.3 is 5.97 Å². The van der Waals surface area contributed by atoms with Crippen LogP contribution in [0.2, 0.25) is 0 Å². The zero-order valence-electron chi connectivity index (χ0n) is 23.5. The van der Waals surface area contributed by atoms with E-state index in [-0.39, 0.29) is 10.7 Å². The van der Waals surface area contributed by atoms with Crippen LogP contribution in [0, 0.1) is 27.7 Å². The van der Waals surface area contributed by atoms with Gasteiger partial charge < -0.3 is 9.30 Å². The molecule has 1 saturated heterocycles. The van der Waals surface area contributed by atoms with Crippen LogP contribution in [-0.4, -0.2) is 34.6 Å². The second kappa shape index (κ2) is 11.0. The van der Waals surface area contributed by atoms with Crippen LogP contribution in [0.4, 0.5) is 11.4 Å². The van der Waals surface area contributed by atoms with Crippen LogP contribution in [0.5, 0.6) is 0 Å². The number of hydrogen-bond acceptors (Lipinski definition) is 5. The van der Waals surface area contributed by atoms with Gasteiger partial charge in [-0.3, -0.25) is 19.4 Å². The number of carbonyl (C=O) groups excluding carboxylic acids is 3. The maximum atomic E-state index is 14.0. The first-order chi connectivity index (χ1) is 19.6. The molecule has 0 aliphatic carbocycles. The summed E-state index contributed by atoms with van der Waals surface area (Å²) in [6.07, 6.45) is 1.64. The Morgan fingerprint density at radius 1 is 0.756 bits per heavy atom. The van der Waals surface area contributed by atoms with Crippen molar-refractivity contribution in [2.45, 2.75) is 27.7 Å². The van der Waals surface area contributed by atoms with Crippen LogP contribution in [0.1, 0.15) is 38.4 Å². The van der Waals surface area contributed by atoms with Crippen LogP contribution < -0.4 is 9.80 Å². The summed E-state index contributed by atoms with van der Waals surface area (Å²) < 4.78 is 6.81. The van der Waals surface area contributed by atoms with E-state index in [0.717, 1.165) is 33.8 Å². The van der Waals surface area contributed by atoms with E-state index in [1.807, 2.05) is 86.9 Å². The molecule has 0 unspecified atom stereocenters. The molecule has 2 heterocycles. The van der Waals surface area contributed by atoms with Crippen molar-refractivity contribution in [1.82, 2.24) is 4.57 Å². The van der Waals surface area contributed by atoms with Crippen LogP contribution in [0.3, 0.4) is 0 Å². The van der Waals surface area contributed by atoms with Gasteiger partial charge in [-0.05, 0) is 117 Å². The minimum absolute atomic E-state index is 0.00182. The van der Waals surface area contributed by atoms with Gasteiger partial charge in [-0.25, -0.2) is 4.79 Å². The topological polar surface area (TPSA) is 71.8 Å². The number of thiocarbonyl (C=S) groups is 1. The molecule has 7 nitrogen and oxygen atoms in total. The Bertz CT molecular complexity index is 1740. The van der Waals surface area contributed by atoms with Crippen LogP contribution >= 0.6 is 12.2 Å². The maximum Gasteiger partial charge on any atom is 0.337 e. The standard InChI is InChI=1S/C33H29N3O4S/c1-20-11-14-28(17-21(20)2)36-31(38)29(30(37)35(33(36)41)26-9-7-6-8-10-26)19-25-18-22(3)34(23(25)4)27-15-12-24(13-16-27)32(39)40-5/h6-19H,1-5H3/b29-19+. The smallest absolute Gasteiger partial charge is 0.337 e. The quantitative estimate of drug-likeness (QED) is 0.124. The minimum atomic E-state index is -0.487. The fourth-order valence-electron chi connectivity index (χ4n) is 4.98. The molecule has 2 amide bonds. The zero-order valence-corrected chi connectivity index (χ0v) is 24.3. The lowest BCUT2D eigenvalue weighted by molar-refractivity contribution is -0.120. The highest BCUT2D eigenvalue weighted by Gasteiger charge is 2.41. The van der Waals surface area contributed by atoms with Gasteiger partial charge in [0.25, 0.3) is 11.8 Å². The monoisotopic (exact) mass is 563 g/mol. The summed E-state index contributed by atoms with van der Waals surface area (Å²) in [5.41, 5.74) is 7.00. The number of para-hydroxylation sites is 1. The third kappa shape index (κ3) is 4.98. The molecule has 3 aromatic carbocycles. The van der Waals surface area contributed by atoms with E-state index in [1.165, 1.54) is 16.9 Å². The lowest BCUT2D eigenvalue weighted by Crippen LogP contribution is -2.57. The van der Waals surface area contributed by atoms with E-state index in [1.54, 1.807) is 30.3 Å². The summed E-state index contributed by atoms with van der Waals surface area (Å²) in [6, 6.07) is 23.8. The van der Waals surface area contributed by atoms with Crippen molar-refractivity contribution in [3.63, 3.8) is 0 Å². The number of methoxy groups -OCH3 is 1. The predicted molar refractivity (Wildman–Crippen MR) is 164 cm³/mol. The molecule has 1 fully saturated rings. The van der Waals surface area contributed by atoms with Crippen molar-refractivity contribution in [2.24, 2.45) is 0 Å². The van der Waals surface area contributed by atoms with Crippen molar-refractivity contribution in [2.75, 3.05) is 16.9 Å². The van der Waals surface area contributed by atoms with Gasteiger partial charge in [0, 0.05) is 17.1 Å². The molecular weight excluding hydrogens is 534 g/mol. The Labute approximate surface area is 244 Å². The van der Waals surface area contributed by atoms with E-state index < -0.39 is 17.8 Å². The summed E-state index contributed by atoms with van der Waals surface area (Å²) in [4.78, 5) is 42.6. The molecule has 0 N–H and O–H groups in total. The van der Waals surface area contributed by atoms with E-state index >= 15 is 0 Å². The van der Waals surface area contributed by atoms with Crippen LogP contribution in [-0.2, 0) is 14.3 Å². The molecule has 0 radical (unpaired) electrons. The van der Waals surface area contributed by atoms with Crippen molar-refractivity contribution in [3.05, 3.63) is 118 Å². The Hall–Kier alpha value is -4.82. The van der Waals surface area contributed by atoms with Gasteiger partial charge in [-0.2, -0.15) is 0 Å². The number of aromatic nitrogens is 1. The van der Waals surface area contributed by atoms with Gasteiger partial charge in [-0.15, -0.1) is 0 Å². The lowest BCUT2D eigenvalue weighted by Gasteiger charge is -2.36. The normalized spacial score (nSPS) is 14.7. The van der Waals surface area contributed by atoms with Crippen molar-refractivity contribution < 1.29 is 19.1 Å². The molecule has 8 heteroatoms. The highest BCUT2D eigenvalue weighted by atomic mass is 32.1. The lowest BCUT2D eigenvalue weighted by atomic mass is 10.0. The molecule has 1 aliphatic rings. The molecule has 1 aliphatic heterocycles. The fourth-order valence-corrected chi connectivity index (χ4v) is 5.35. The molecule has 0 bridgehead atoms. The highest BCUT2D eigenvalue weighted by molar-refractivity contribution is 7.81. The molecule has 4 aromatic rings. The Balaban J connectivity index is 1.62. The number of nitrogens with zero attached hydrogens (tertiary/aromatic N) is 3. The average Bonchev–Trinajstić information content (AvgIpc) is 3.25. The first kappa shape index (κ1) is 27.7. The molecule has 0 atom stereocenters. The molecule has 206 valence electrons. The number of esters is 1. The molecule has 0 spiro atoms. The molecule has 0 saturated carbocycles. The Morgan fingerprint density at radius 2 is 1.37 bits per heavy atom. The van der Waals surface area contributed by atoms with Crippen molar-refractivity contribution in [3.8, 4) is 5.69 Å². The van der Waals surface area contributed by atoms with Crippen LogP contribution in [0.25, 0.3) is 11.8 Å². The summed E-state index contributed by atoms with van der Waals surface area (Å²) in [7, 11) is 1.34. The number of anilines is 2. The first-order valence-corrected chi connectivity index (χ1v) is 13.5. The number of amides is 2. The third-order valence-electron chi connectivity index (χ3n) is 7.33. The van der Waals surface area contributed by atoms with Gasteiger partial charge in [0.05, 0.1) is 24.0 Å². The van der Waals surface area contributed by atoms with E-state index in [2.05, 4.69) is 0 Å². The largest absolute Gasteiger partial charge is 0.465 e. The summed E-state index contributed by atoms with van der Waals surface area (Å²) in [5.74, 6) is -1.38. The van der Waals surface area contributed by atoms with Gasteiger partial charge in [0.15, 0.2) is 5.11 Å². The first-order valence-electron chi connectivity index (χ1n) is 13.1. The van der Waals surface area contributed by atoms with Crippen molar-refractivity contribution >= 4 is 52.6 Å². The summed E-state index contributed by atoms with van der Waals surface area (Å²) >= 11 is 5.76. The highest BCUT2D eigenvalue weighted by Crippen LogP contribution is 2.32. The van der Waals surface area contributed by atoms with Gasteiger partial charge in [0.1, 0.15) is 5.57 Å². The SMILES string of the molecule is COC(=O)c1ccc(-n2c(C)cc(/C=C3\C(=O)N(c4ccccc4)C(=S)N(c4ccc(C)c(C)c4)C3=O)c2C)cc1. The summed E-state index contributed by atoms with van der Waals surface area (Å²) in [5, 5.41) is 0.0998. The average molecular weight is 564 g/mol. The summed E-state index contributed by atoms with van der Waals surface area (Å²) in [6.45, 7) is 7.84. The predicted octanol–water partition coefficient (Wildman–Crippen LogP) is 6.25. The fraction of sp³-hybridized carbons (Fsp3) is 0.152. The molecule has 5 rings (SSSR count). The van der Waals surface area contributed by atoms with Gasteiger partial charge in [0.2, 0.25) is 0 Å². The number of hydrogen-bond donors (Lipinski definition) is 0. The number of carbonyl (C=O) groups is 3. The molecule has 41 heavy (non-hydrogen) atoms. The van der Waals surface area contributed by atoms with Crippen molar-refractivity contribution in [1.29, 1.82) is 0 Å². The minimum Gasteiger partial charge on any atom is -0.465 e. The van der Waals surface area contributed by atoms with Gasteiger partial charge in [-0.1, -0.05) is 24.3 Å². The number of benzene rings is 3. The number of ether oxygens (including phenoxy) is 1. The second-order valence-corrected chi connectivity index (χ2v) is 10.3. The van der Waals surface area contributed by atoms with E-state index in [4.69, 9.17) is 17.0 Å². The molecular formula is C33H29N3O4S. The van der Waals surface area contributed by atoms with Crippen LogP contribution in [0.15, 0.2) is 84.4 Å². The maximum absolute atomic E-state index is 14.0. The Kier molecular flexibility index (Phi) is 7.43.